The lowest BCUT2D eigenvalue weighted by Crippen LogP contribution is -2.10. The van der Waals surface area contributed by atoms with E-state index in [0.717, 1.165) is 0 Å². The number of carbonyl (C=O) groups is 2. The molecule has 0 bridgehead atoms. The summed E-state index contributed by atoms with van der Waals surface area (Å²) in [5.41, 5.74) is 1.13. The van der Waals surface area contributed by atoms with E-state index in [1.165, 1.54) is 0 Å². The molecule has 2 rings (SSSR count). The summed E-state index contributed by atoms with van der Waals surface area (Å²) in [6.07, 6.45) is 0.197. The quantitative estimate of drug-likeness (QED) is 0.575. The molecule has 0 aromatic heterocycles. The molecule has 0 atom stereocenters. The fraction of sp³-hybridized carbons (Fsp3) is 0.263. The summed E-state index contributed by atoms with van der Waals surface area (Å²) in [5.74, 6) is -0.428. The fourth-order valence-electron chi connectivity index (χ4n) is 1.66. The van der Waals surface area contributed by atoms with Crippen molar-refractivity contribution in [3.8, 4) is 0 Å². The Morgan fingerprint density at radius 2 is 1.18 bits per heavy atom. The number of hydrogen-bond acceptors (Lipinski definition) is 3. The van der Waals surface area contributed by atoms with Gasteiger partial charge >= 0.3 is 5.97 Å². The third kappa shape index (κ3) is 6.35. The summed E-state index contributed by atoms with van der Waals surface area (Å²) in [5, 5.41) is 0. The van der Waals surface area contributed by atoms with Crippen molar-refractivity contribution in [1.29, 1.82) is 0 Å². The zero-order valence-electron chi connectivity index (χ0n) is 10.4. The average Bonchev–Trinajstić information content (AvgIpc) is 2.49. The van der Waals surface area contributed by atoms with Crippen LogP contribution in [0.3, 0.4) is 0 Å². The van der Waals surface area contributed by atoms with Gasteiger partial charge in [0, 0.05) is 12.0 Å². The average molecular weight is 302 g/mol. The summed E-state index contributed by atoms with van der Waals surface area (Å²) in [6, 6.07) is 17.7. The standard InChI is InChI=1S/C16H14O3.3CH4/c17-15(13-7-3-1-4-8-13)11-12-19-16(18)14-9-5-2-6-10-14;;;/h1-10H,11-12H2;3*1H4. The summed E-state index contributed by atoms with van der Waals surface area (Å²) in [7, 11) is 0. The number of benzene rings is 2. The van der Waals surface area contributed by atoms with Crippen molar-refractivity contribution in [1.82, 2.24) is 0 Å². The Balaban J connectivity index is 0. The Morgan fingerprint density at radius 3 is 1.68 bits per heavy atom. The maximum atomic E-state index is 11.8. The van der Waals surface area contributed by atoms with E-state index >= 15 is 0 Å². The number of rotatable bonds is 5. The van der Waals surface area contributed by atoms with Gasteiger partial charge in [-0.3, -0.25) is 4.79 Å². The van der Waals surface area contributed by atoms with E-state index in [-0.39, 0.29) is 41.1 Å². The lowest BCUT2D eigenvalue weighted by molar-refractivity contribution is 0.0496. The molecule has 0 unspecified atom stereocenters. The highest BCUT2D eigenvalue weighted by Crippen LogP contribution is 2.05. The second kappa shape index (κ2) is 11.3. The van der Waals surface area contributed by atoms with Gasteiger partial charge in [-0.15, -0.1) is 0 Å². The minimum atomic E-state index is -0.401. The van der Waals surface area contributed by atoms with Gasteiger partial charge in [0.15, 0.2) is 5.78 Å². The van der Waals surface area contributed by atoms with E-state index in [4.69, 9.17) is 4.74 Å². The molecule has 2 aromatic carbocycles. The smallest absolute Gasteiger partial charge is 0.338 e. The zero-order chi connectivity index (χ0) is 13.5. The topological polar surface area (TPSA) is 43.4 Å². The highest BCUT2D eigenvalue weighted by Gasteiger charge is 2.09. The van der Waals surface area contributed by atoms with E-state index in [0.29, 0.717) is 11.1 Å². The molecule has 0 saturated carbocycles. The number of ketones is 1. The van der Waals surface area contributed by atoms with Crippen LogP contribution in [0.15, 0.2) is 60.7 Å². The first-order valence-corrected chi connectivity index (χ1v) is 6.08. The van der Waals surface area contributed by atoms with E-state index in [9.17, 15) is 9.59 Å². The minimum absolute atomic E-state index is 0. The third-order valence-electron chi connectivity index (χ3n) is 2.67. The Bertz CT molecular complexity index is 496. The van der Waals surface area contributed by atoms with Crippen LogP contribution in [-0.2, 0) is 4.74 Å². The molecule has 3 heteroatoms. The molecular weight excluding hydrogens is 276 g/mol. The molecule has 0 heterocycles. The highest BCUT2D eigenvalue weighted by molar-refractivity contribution is 5.96. The van der Waals surface area contributed by atoms with Gasteiger partial charge in [-0.1, -0.05) is 70.8 Å². The van der Waals surface area contributed by atoms with Crippen LogP contribution < -0.4 is 0 Å². The Labute approximate surface area is 133 Å². The first kappa shape index (κ1) is 21.9. The lowest BCUT2D eigenvalue weighted by Gasteiger charge is -2.04. The van der Waals surface area contributed by atoms with Gasteiger partial charge in [0.05, 0.1) is 12.2 Å². The SMILES string of the molecule is C.C.C.O=C(CCOC(=O)c1ccccc1)c1ccccc1. The normalized spacial score (nSPS) is 8.55. The number of Topliss-reactive ketones (excluding diaryl/α,β-unsaturated/α-hetero) is 1. The highest BCUT2D eigenvalue weighted by atomic mass is 16.5. The Kier molecular flexibility index (Phi) is 11.2. The van der Waals surface area contributed by atoms with E-state index < -0.39 is 5.97 Å². The zero-order valence-corrected chi connectivity index (χ0v) is 10.4. The van der Waals surface area contributed by atoms with Crippen LogP contribution in [-0.4, -0.2) is 18.4 Å². The molecular formula is C19H26O3. The lowest BCUT2D eigenvalue weighted by atomic mass is 10.1. The molecule has 0 spiro atoms. The van der Waals surface area contributed by atoms with Crippen LogP contribution in [0.1, 0.15) is 49.4 Å². The van der Waals surface area contributed by atoms with Gasteiger partial charge in [-0.2, -0.15) is 0 Å². The number of carbonyl (C=O) groups excluding carboxylic acids is 2. The van der Waals surface area contributed by atoms with Crippen molar-refractivity contribution < 1.29 is 14.3 Å². The van der Waals surface area contributed by atoms with Crippen molar-refractivity contribution in [2.45, 2.75) is 28.7 Å². The van der Waals surface area contributed by atoms with Gasteiger partial charge in [-0.05, 0) is 12.1 Å². The molecule has 0 aliphatic heterocycles. The molecule has 0 aliphatic rings. The first-order chi connectivity index (χ1) is 9.27. The summed E-state index contributed by atoms with van der Waals surface area (Å²) in [6.45, 7) is 0.0987. The van der Waals surface area contributed by atoms with E-state index in [1.807, 2.05) is 24.3 Å². The van der Waals surface area contributed by atoms with Gasteiger partial charge in [0.2, 0.25) is 0 Å². The van der Waals surface area contributed by atoms with Gasteiger partial charge < -0.3 is 4.74 Å². The number of hydrogen-bond donors (Lipinski definition) is 0. The maximum Gasteiger partial charge on any atom is 0.338 e. The van der Waals surface area contributed by atoms with Crippen LogP contribution in [0.25, 0.3) is 0 Å². The predicted molar refractivity (Wildman–Crippen MR) is 92.3 cm³/mol. The van der Waals surface area contributed by atoms with Crippen molar-refractivity contribution in [2.24, 2.45) is 0 Å². The van der Waals surface area contributed by atoms with Crippen LogP contribution in [0.4, 0.5) is 0 Å². The van der Waals surface area contributed by atoms with Crippen LogP contribution in [0, 0.1) is 0 Å². The number of ether oxygens (including phenoxy) is 1. The summed E-state index contributed by atoms with van der Waals surface area (Å²) >= 11 is 0. The Morgan fingerprint density at radius 1 is 0.727 bits per heavy atom. The molecule has 0 amide bonds. The van der Waals surface area contributed by atoms with Crippen LogP contribution in [0.2, 0.25) is 0 Å². The van der Waals surface area contributed by atoms with Crippen molar-refractivity contribution >= 4 is 11.8 Å². The molecule has 0 N–H and O–H groups in total. The third-order valence-corrected chi connectivity index (χ3v) is 2.67. The van der Waals surface area contributed by atoms with Crippen molar-refractivity contribution in [2.75, 3.05) is 6.61 Å². The molecule has 22 heavy (non-hydrogen) atoms. The fourth-order valence-corrected chi connectivity index (χ4v) is 1.66. The Hall–Kier alpha value is -2.42. The summed E-state index contributed by atoms with van der Waals surface area (Å²) in [4.78, 5) is 23.4. The largest absolute Gasteiger partial charge is 0.462 e. The van der Waals surface area contributed by atoms with E-state index in [2.05, 4.69) is 0 Å². The second-order valence-corrected chi connectivity index (χ2v) is 4.04. The van der Waals surface area contributed by atoms with Gasteiger partial charge in [0.25, 0.3) is 0 Å². The molecule has 0 aliphatic carbocycles. The molecule has 0 radical (unpaired) electrons. The number of esters is 1. The van der Waals surface area contributed by atoms with Gasteiger partial charge in [0.1, 0.15) is 0 Å². The molecule has 0 fully saturated rings. The predicted octanol–water partition coefficient (Wildman–Crippen LogP) is 5.02. The van der Waals surface area contributed by atoms with Crippen LogP contribution in [0.5, 0.6) is 0 Å². The monoisotopic (exact) mass is 302 g/mol. The van der Waals surface area contributed by atoms with Crippen molar-refractivity contribution in [3.63, 3.8) is 0 Å². The molecule has 3 nitrogen and oxygen atoms in total. The minimum Gasteiger partial charge on any atom is -0.462 e. The first-order valence-electron chi connectivity index (χ1n) is 6.08. The maximum absolute atomic E-state index is 11.8. The molecule has 2 aromatic rings. The molecule has 120 valence electrons. The van der Waals surface area contributed by atoms with Gasteiger partial charge in [-0.25, -0.2) is 4.79 Å². The second-order valence-electron chi connectivity index (χ2n) is 4.04. The van der Waals surface area contributed by atoms with Crippen LogP contribution >= 0.6 is 0 Å². The summed E-state index contributed by atoms with van der Waals surface area (Å²) < 4.78 is 5.06. The molecule has 0 saturated heterocycles. The van der Waals surface area contributed by atoms with Crippen molar-refractivity contribution in [3.05, 3.63) is 71.8 Å². The van der Waals surface area contributed by atoms with E-state index in [1.54, 1.807) is 36.4 Å².